The van der Waals surface area contributed by atoms with Gasteiger partial charge in [-0.1, -0.05) is 166 Å². The molecule has 0 bridgehead atoms. The minimum atomic E-state index is -0.0558. The largest absolute Gasteiger partial charge is 0.228 e. The van der Waals surface area contributed by atoms with E-state index in [1.54, 1.807) is 0 Å². The SMILES string of the molecule is CC1(C)c2cc3ccccc3cc2-c2c(-c3ccc(-c4ccc(-c5cc(-c6ccccc6)nc(-c6ccccc6)n5)cc4)cc3)cccc21. The molecule has 0 saturated carbocycles. The van der Waals surface area contributed by atoms with E-state index in [9.17, 15) is 0 Å². The van der Waals surface area contributed by atoms with Gasteiger partial charge < -0.3 is 0 Å². The molecule has 9 rings (SSSR count). The summed E-state index contributed by atoms with van der Waals surface area (Å²) in [5.41, 5.74) is 15.3. The van der Waals surface area contributed by atoms with Crippen molar-refractivity contribution in [3.8, 4) is 67.3 Å². The lowest BCUT2D eigenvalue weighted by Gasteiger charge is -2.22. The van der Waals surface area contributed by atoms with Crippen LogP contribution in [0.5, 0.6) is 0 Å². The van der Waals surface area contributed by atoms with Gasteiger partial charge in [0.15, 0.2) is 5.82 Å². The lowest BCUT2D eigenvalue weighted by Crippen LogP contribution is -2.14. The van der Waals surface area contributed by atoms with E-state index in [1.165, 1.54) is 55.3 Å². The van der Waals surface area contributed by atoms with Gasteiger partial charge in [0.05, 0.1) is 11.4 Å². The molecule has 0 radical (unpaired) electrons. The molecule has 0 unspecified atom stereocenters. The van der Waals surface area contributed by atoms with Crippen LogP contribution in [-0.2, 0) is 5.41 Å². The van der Waals surface area contributed by atoms with Crippen molar-refractivity contribution in [3.05, 3.63) is 181 Å². The predicted octanol–water partition coefficient (Wildman–Crippen LogP) is 12.3. The Balaban J connectivity index is 1.06. The van der Waals surface area contributed by atoms with Crippen LogP contribution in [0.4, 0.5) is 0 Å². The van der Waals surface area contributed by atoms with Gasteiger partial charge in [-0.3, -0.25) is 0 Å². The van der Waals surface area contributed by atoms with E-state index in [0.29, 0.717) is 0 Å². The third kappa shape index (κ3) is 5.05. The molecule has 0 aliphatic heterocycles. The van der Waals surface area contributed by atoms with Crippen molar-refractivity contribution < 1.29 is 0 Å². The van der Waals surface area contributed by atoms with Crippen molar-refractivity contribution in [1.82, 2.24) is 9.97 Å². The topological polar surface area (TPSA) is 25.8 Å². The van der Waals surface area contributed by atoms with E-state index < -0.39 is 0 Å². The molecule has 1 aliphatic carbocycles. The third-order valence-electron chi connectivity index (χ3n) is 10.1. The van der Waals surface area contributed by atoms with Crippen molar-refractivity contribution in [1.29, 1.82) is 0 Å². The summed E-state index contributed by atoms with van der Waals surface area (Å²) in [4.78, 5) is 9.95. The lowest BCUT2D eigenvalue weighted by molar-refractivity contribution is 0.661. The molecule has 0 spiro atoms. The maximum atomic E-state index is 5.01. The highest BCUT2D eigenvalue weighted by Gasteiger charge is 2.37. The Morgan fingerprint density at radius 2 is 0.878 bits per heavy atom. The zero-order valence-corrected chi connectivity index (χ0v) is 27.6. The van der Waals surface area contributed by atoms with Crippen LogP contribution in [0.25, 0.3) is 78.1 Å². The van der Waals surface area contributed by atoms with Crippen LogP contribution in [0.15, 0.2) is 170 Å². The van der Waals surface area contributed by atoms with Gasteiger partial charge in [-0.05, 0) is 73.5 Å². The molecule has 2 heteroatoms. The third-order valence-corrected chi connectivity index (χ3v) is 10.1. The normalized spacial score (nSPS) is 12.9. The maximum absolute atomic E-state index is 5.01. The minimum absolute atomic E-state index is 0.0558. The second-order valence-corrected chi connectivity index (χ2v) is 13.4. The molecule has 0 saturated heterocycles. The summed E-state index contributed by atoms with van der Waals surface area (Å²) in [6.45, 7) is 4.71. The molecule has 0 N–H and O–H groups in total. The van der Waals surface area contributed by atoms with Crippen LogP contribution in [-0.4, -0.2) is 9.97 Å². The zero-order valence-electron chi connectivity index (χ0n) is 27.6. The van der Waals surface area contributed by atoms with Gasteiger partial charge in [0.25, 0.3) is 0 Å². The molecular formula is C47H34N2. The molecule has 0 amide bonds. The highest BCUT2D eigenvalue weighted by atomic mass is 14.9. The van der Waals surface area contributed by atoms with Crippen molar-refractivity contribution in [2.45, 2.75) is 19.3 Å². The van der Waals surface area contributed by atoms with Gasteiger partial charge in [0.1, 0.15) is 0 Å². The lowest BCUT2D eigenvalue weighted by atomic mass is 9.81. The average molecular weight is 627 g/mol. The molecule has 1 heterocycles. The van der Waals surface area contributed by atoms with Gasteiger partial charge in [-0.15, -0.1) is 0 Å². The molecular weight excluding hydrogens is 593 g/mol. The molecule has 232 valence electrons. The molecule has 49 heavy (non-hydrogen) atoms. The fourth-order valence-electron chi connectivity index (χ4n) is 7.46. The van der Waals surface area contributed by atoms with E-state index in [-0.39, 0.29) is 5.41 Å². The molecule has 8 aromatic rings. The molecule has 2 nitrogen and oxygen atoms in total. The summed E-state index contributed by atoms with van der Waals surface area (Å²) in [5.74, 6) is 0.725. The highest BCUT2D eigenvalue weighted by Crippen LogP contribution is 2.53. The Bertz CT molecular complexity index is 2420. The number of rotatable bonds is 5. The van der Waals surface area contributed by atoms with E-state index in [1.807, 2.05) is 36.4 Å². The summed E-state index contributed by atoms with van der Waals surface area (Å²) >= 11 is 0. The van der Waals surface area contributed by atoms with Crippen molar-refractivity contribution in [2.24, 2.45) is 0 Å². The van der Waals surface area contributed by atoms with Crippen molar-refractivity contribution in [2.75, 3.05) is 0 Å². The van der Waals surface area contributed by atoms with Crippen LogP contribution < -0.4 is 0 Å². The first kappa shape index (κ1) is 29.1. The molecule has 1 aliphatic rings. The number of nitrogens with zero attached hydrogens (tertiary/aromatic N) is 2. The van der Waals surface area contributed by atoms with Crippen molar-refractivity contribution in [3.63, 3.8) is 0 Å². The summed E-state index contributed by atoms with van der Waals surface area (Å²) in [6, 6.07) is 60.7. The first-order valence-electron chi connectivity index (χ1n) is 16.9. The highest BCUT2D eigenvalue weighted by molar-refractivity contribution is 5.98. The smallest absolute Gasteiger partial charge is 0.160 e. The first-order valence-corrected chi connectivity index (χ1v) is 16.9. The standard InChI is InChI=1S/C47H34N2/c1-47(2)41-19-11-18-39(45(41)40-28-37-16-9-10-17-38(37)29-42(40)47)33-24-20-31(21-25-33)32-22-26-35(27-23-32)44-30-43(34-12-5-3-6-13-34)48-46(49-44)36-14-7-4-8-15-36/h3-30H,1-2H3. The number of hydrogen-bond acceptors (Lipinski definition) is 2. The molecule has 7 aromatic carbocycles. The molecule has 1 aromatic heterocycles. The Kier molecular flexibility index (Phi) is 6.84. The second kappa shape index (κ2) is 11.5. The van der Waals surface area contributed by atoms with Gasteiger partial charge in [0.2, 0.25) is 0 Å². The van der Waals surface area contributed by atoms with E-state index in [2.05, 4.69) is 147 Å². The van der Waals surface area contributed by atoms with E-state index in [0.717, 1.165) is 33.9 Å². The quantitative estimate of drug-likeness (QED) is 0.190. The van der Waals surface area contributed by atoms with E-state index in [4.69, 9.17) is 9.97 Å². The summed E-state index contributed by atoms with van der Waals surface area (Å²) < 4.78 is 0. The predicted molar refractivity (Wildman–Crippen MR) is 204 cm³/mol. The number of benzene rings is 7. The van der Waals surface area contributed by atoms with Crippen LogP contribution in [0.2, 0.25) is 0 Å². The van der Waals surface area contributed by atoms with Gasteiger partial charge in [-0.25, -0.2) is 9.97 Å². The Hall–Kier alpha value is -6.12. The Morgan fingerprint density at radius 1 is 0.367 bits per heavy atom. The fraction of sp³-hybridized carbons (Fsp3) is 0.0638. The monoisotopic (exact) mass is 626 g/mol. The summed E-state index contributed by atoms with van der Waals surface area (Å²) in [5, 5.41) is 2.58. The van der Waals surface area contributed by atoms with Crippen LogP contribution >= 0.6 is 0 Å². The van der Waals surface area contributed by atoms with Crippen LogP contribution in [0, 0.1) is 0 Å². The minimum Gasteiger partial charge on any atom is -0.228 e. The summed E-state index contributed by atoms with van der Waals surface area (Å²) in [6.07, 6.45) is 0. The number of aromatic nitrogens is 2. The maximum Gasteiger partial charge on any atom is 0.160 e. The number of fused-ring (bicyclic) bond motifs is 4. The van der Waals surface area contributed by atoms with Gasteiger partial charge >= 0.3 is 0 Å². The van der Waals surface area contributed by atoms with Crippen molar-refractivity contribution >= 4 is 10.8 Å². The Morgan fingerprint density at radius 3 is 1.51 bits per heavy atom. The average Bonchev–Trinajstić information content (AvgIpc) is 3.39. The van der Waals surface area contributed by atoms with Crippen LogP contribution in [0.1, 0.15) is 25.0 Å². The molecule has 0 fully saturated rings. The van der Waals surface area contributed by atoms with Gasteiger partial charge in [0, 0.05) is 22.1 Å². The zero-order chi connectivity index (χ0) is 33.0. The van der Waals surface area contributed by atoms with Gasteiger partial charge in [-0.2, -0.15) is 0 Å². The summed E-state index contributed by atoms with van der Waals surface area (Å²) in [7, 11) is 0. The fourth-order valence-corrected chi connectivity index (χ4v) is 7.46. The number of hydrogen-bond donors (Lipinski definition) is 0. The Labute approximate surface area is 287 Å². The first-order chi connectivity index (χ1) is 24.0. The van der Waals surface area contributed by atoms with Crippen LogP contribution in [0.3, 0.4) is 0 Å². The molecule has 0 atom stereocenters. The second-order valence-electron chi connectivity index (χ2n) is 13.4. The van der Waals surface area contributed by atoms with E-state index >= 15 is 0 Å².